The second kappa shape index (κ2) is 6.05. The topological polar surface area (TPSA) is 63.6 Å². The van der Waals surface area contributed by atoms with E-state index < -0.39 is 10.8 Å². The van der Waals surface area contributed by atoms with Crippen LogP contribution in [-0.2, 0) is 4.79 Å². The lowest BCUT2D eigenvalue weighted by Crippen LogP contribution is -2.18. The molecule has 2 aromatic carbocycles. The molecule has 20 heavy (non-hydrogen) atoms. The highest BCUT2D eigenvalue weighted by molar-refractivity contribution is 9.10. The van der Waals surface area contributed by atoms with Gasteiger partial charge in [0.2, 0.25) is 0 Å². The van der Waals surface area contributed by atoms with Gasteiger partial charge < -0.3 is 9.84 Å². The van der Waals surface area contributed by atoms with Crippen LogP contribution < -0.4 is 4.74 Å². The zero-order chi connectivity index (χ0) is 14.7. The summed E-state index contributed by atoms with van der Waals surface area (Å²) in [5, 5.41) is 10.4. The largest absolute Gasteiger partial charge is 0.496 e. The normalized spacial score (nSPS) is 12.1. The maximum Gasteiger partial charge on any atom is 0.304 e. The molecule has 2 aromatic rings. The van der Waals surface area contributed by atoms with Crippen LogP contribution in [0.2, 0.25) is 0 Å². The third-order valence-electron chi connectivity index (χ3n) is 3.01. The number of hydrogen-bond donors (Lipinski definition) is 1. The fraction of sp³-hybridized carbons (Fsp3) is 0.200. The van der Waals surface area contributed by atoms with Crippen LogP contribution in [0.1, 0.15) is 16.8 Å². The highest BCUT2D eigenvalue weighted by Crippen LogP contribution is 2.30. The lowest BCUT2D eigenvalue weighted by atomic mass is 9.98. The van der Waals surface area contributed by atoms with Gasteiger partial charge in [0.15, 0.2) is 5.78 Å². The zero-order valence-corrected chi connectivity index (χ0v) is 12.4. The summed E-state index contributed by atoms with van der Waals surface area (Å²) in [5.41, 5.74) is 0.490. The molecular weight excluding hydrogens is 324 g/mol. The summed E-state index contributed by atoms with van der Waals surface area (Å²) in [7, 11) is 1.57. The van der Waals surface area contributed by atoms with E-state index in [0.29, 0.717) is 11.3 Å². The van der Waals surface area contributed by atoms with Gasteiger partial charge in [-0.15, -0.1) is 0 Å². The molecule has 0 radical (unpaired) electrons. The summed E-state index contributed by atoms with van der Waals surface area (Å²) >= 11 is 3.14. The number of methoxy groups -OCH3 is 1. The predicted molar refractivity (Wildman–Crippen MR) is 79.8 cm³/mol. The van der Waals surface area contributed by atoms with Crippen molar-refractivity contribution < 1.29 is 19.4 Å². The molecule has 0 aliphatic carbocycles. The number of fused-ring (bicyclic) bond motifs is 1. The van der Waals surface area contributed by atoms with E-state index >= 15 is 0 Å². The third-order valence-corrected chi connectivity index (χ3v) is 3.75. The first kappa shape index (κ1) is 14.5. The molecule has 5 heteroatoms. The number of carbonyl (C=O) groups is 2. The van der Waals surface area contributed by atoms with E-state index in [1.54, 1.807) is 19.2 Å². The molecule has 1 atom stereocenters. The third kappa shape index (κ3) is 2.82. The molecule has 1 unspecified atom stereocenters. The highest BCUT2D eigenvalue weighted by Gasteiger charge is 2.22. The average Bonchev–Trinajstić information content (AvgIpc) is 2.44. The van der Waals surface area contributed by atoms with Gasteiger partial charge in [0, 0.05) is 10.9 Å². The summed E-state index contributed by atoms with van der Waals surface area (Å²) in [6.45, 7) is 0. The van der Waals surface area contributed by atoms with Crippen LogP contribution in [0.15, 0.2) is 36.4 Å². The van der Waals surface area contributed by atoms with E-state index in [1.165, 1.54) is 0 Å². The van der Waals surface area contributed by atoms with Crippen LogP contribution >= 0.6 is 15.9 Å². The molecular formula is C15H13BrO4. The maximum absolute atomic E-state index is 12.3. The number of hydrogen-bond acceptors (Lipinski definition) is 3. The van der Waals surface area contributed by atoms with Crippen molar-refractivity contribution >= 4 is 38.5 Å². The van der Waals surface area contributed by atoms with Gasteiger partial charge >= 0.3 is 5.97 Å². The zero-order valence-electron chi connectivity index (χ0n) is 10.8. The number of aliphatic carboxylic acids is 1. The van der Waals surface area contributed by atoms with Crippen molar-refractivity contribution in [3.63, 3.8) is 0 Å². The quantitative estimate of drug-likeness (QED) is 0.672. The standard InChI is InChI=1S/C15H13BrO4/c1-20-13-7-6-11(9-4-2-3-5-10(9)13)15(19)12(16)8-14(17)18/h2-7,12H,8H2,1H3,(H,17,18). The van der Waals surface area contributed by atoms with Crippen LogP contribution in [-0.4, -0.2) is 28.8 Å². The molecule has 2 rings (SSSR count). The number of ether oxygens (including phenoxy) is 1. The molecule has 0 saturated heterocycles. The molecule has 104 valence electrons. The molecule has 0 aliphatic heterocycles. The van der Waals surface area contributed by atoms with E-state index in [4.69, 9.17) is 9.84 Å². The number of carboxylic acid groups (broad SMARTS) is 1. The Morgan fingerprint density at radius 2 is 1.85 bits per heavy atom. The van der Waals surface area contributed by atoms with Crippen molar-refractivity contribution in [2.24, 2.45) is 0 Å². The van der Waals surface area contributed by atoms with Crippen molar-refractivity contribution in [2.45, 2.75) is 11.2 Å². The van der Waals surface area contributed by atoms with Crippen LogP contribution in [0, 0.1) is 0 Å². The lowest BCUT2D eigenvalue weighted by molar-refractivity contribution is -0.136. The molecule has 0 aromatic heterocycles. The summed E-state index contributed by atoms with van der Waals surface area (Å²) in [5.74, 6) is -0.578. The summed E-state index contributed by atoms with van der Waals surface area (Å²) in [6, 6.07) is 10.8. The molecule has 0 bridgehead atoms. The van der Waals surface area contributed by atoms with Crippen LogP contribution in [0.3, 0.4) is 0 Å². The van der Waals surface area contributed by atoms with Crippen LogP contribution in [0.25, 0.3) is 10.8 Å². The lowest BCUT2D eigenvalue weighted by Gasteiger charge is -2.12. The minimum absolute atomic E-state index is 0.244. The van der Waals surface area contributed by atoms with E-state index in [2.05, 4.69) is 15.9 Å². The van der Waals surface area contributed by atoms with E-state index in [0.717, 1.165) is 10.8 Å². The second-order valence-corrected chi connectivity index (χ2v) is 5.40. The smallest absolute Gasteiger partial charge is 0.304 e. The maximum atomic E-state index is 12.3. The minimum atomic E-state index is -1.02. The number of ketones is 1. The van der Waals surface area contributed by atoms with Crippen LogP contribution in [0.5, 0.6) is 5.75 Å². The molecule has 0 fully saturated rings. The van der Waals surface area contributed by atoms with E-state index in [-0.39, 0.29) is 12.2 Å². The average molecular weight is 337 g/mol. The predicted octanol–water partition coefficient (Wildman–Crippen LogP) is 3.27. The van der Waals surface area contributed by atoms with Gasteiger partial charge in [-0.1, -0.05) is 40.2 Å². The highest BCUT2D eigenvalue weighted by atomic mass is 79.9. The van der Waals surface area contributed by atoms with Gasteiger partial charge in [0.25, 0.3) is 0 Å². The monoisotopic (exact) mass is 336 g/mol. The first-order chi connectivity index (χ1) is 9.54. The number of carbonyl (C=O) groups excluding carboxylic acids is 1. The molecule has 0 saturated carbocycles. The Hall–Kier alpha value is -1.88. The van der Waals surface area contributed by atoms with E-state index in [1.807, 2.05) is 24.3 Å². The Morgan fingerprint density at radius 1 is 1.20 bits per heavy atom. The number of benzene rings is 2. The molecule has 0 spiro atoms. The Kier molecular flexibility index (Phi) is 4.39. The molecule has 0 amide bonds. The van der Waals surface area contributed by atoms with Crippen molar-refractivity contribution in [3.8, 4) is 5.75 Å². The Bertz CT molecular complexity index is 666. The second-order valence-electron chi connectivity index (χ2n) is 4.29. The first-order valence-corrected chi connectivity index (χ1v) is 6.92. The van der Waals surface area contributed by atoms with Crippen molar-refractivity contribution in [1.82, 2.24) is 0 Å². The summed E-state index contributed by atoms with van der Waals surface area (Å²) in [4.78, 5) is 22.3. The van der Waals surface area contributed by atoms with Crippen LogP contribution in [0.4, 0.5) is 0 Å². The van der Waals surface area contributed by atoms with E-state index in [9.17, 15) is 9.59 Å². The fourth-order valence-electron chi connectivity index (χ4n) is 2.08. The van der Waals surface area contributed by atoms with Gasteiger partial charge in [-0.3, -0.25) is 9.59 Å². The Balaban J connectivity index is 2.50. The van der Waals surface area contributed by atoms with Gasteiger partial charge in [-0.25, -0.2) is 0 Å². The van der Waals surface area contributed by atoms with Gasteiger partial charge in [-0.2, -0.15) is 0 Å². The molecule has 4 nitrogen and oxygen atoms in total. The summed E-state index contributed by atoms with van der Waals surface area (Å²) in [6.07, 6.45) is -0.251. The number of Topliss-reactive ketones (excluding diaryl/α,β-unsaturated/α-hetero) is 1. The molecule has 1 N–H and O–H groups in total. The minimum Gasteiger partial charge on any atom is -0.496 e. The van der Waals surface area contributed by atoms with Crippen molar-refractivity contribution in [1.29, 1.82) is 0 Å². The first-order valence-electron chi connectivity index (χ1n) is 6.00. The van der Waals surface area contributed by atoms with Gasteiger partial charge in [0.05, 0.1) is 18.4 Å². The number of halogens is 1. The fourth-order valence-corrected chi connectivity index (χ4v) is 2.60. The number of alkyl halides is 1. The molecule has 0 aliphatic rings. The van der Waals surface area contributed by atoms with Crippen molar-refractivity contribution in [3.05, 3.63) is 42.0 Å². The number of carboxylic acids is 1. The van der Waals surface area contributed by atoms with Gasteiger partial charge in [-0.05, 0) is 17.5 Å². The molecule has 0 heterocycles. The summed E-state index contributed by atoms with van der Waals surface area (Å²) < 4.78 is 5.27. The van der Waals surface area contributed by atoms with Gasteiger partial charge in [0.1, 0.15) is 5.75 Å². The Labute approximate surface area is 124 Å². The SMILES string of the molecule is COc1ccc(C(=O)C(Br)CC(=O)O)c2ccccc12. The van der Waals surface area contributed by atoms with Crippen molar-refractivity contribution in [2.75, 3.05) is 7.11 Å². The Morgan fingerprint density at radius 3 is 2.45 bits per heavy atom. The number of rotatable bonds is 5.